The Morgan fingerprint density at radius 3 is 2.12 bits per heavy atom. The molecule has 164 valence electrons. The van der Waals surface area contributed by atoms with Crippen LogP contribution >= 0.6 is 0 Å². The number of benzene rings is 3. The van der Waals surface area contributed by atoms with Crippen molar-refractivity contribution in [3.8, 4) is 5.75 Å². The van der Waals surface area contributed by atoms with E-state index in [0.717, 1.165) is 11.1 Å². The minimum absolute atomic E-state index is 0.178. The Bertz CT molecular complexity index is 1040. The maximum absolute atomic E-state index is 12.9. The second kappa shape index (κ2) is 11.5. The highest BCUT2D eigenvalue weighted by atomic mass is 16.5. The summed E-state index contributed by atoms with van der Waals surface area (Å²) in [5.74, 6) is 0.398. The van der Waals surface area contributed by atoms with Gasteiger partial charge >= 0.3 is 0 Å². The van der Waals surface area contributed by atoms with E-state index in [1.807, 2.05) is 60.7 Å². The molecule has 0 atom stereocenters. The third-order valence-corrected chi connectivity index (χ3v) is 4.60. The summed E-state index contributed by atoms with van der Waals surface area (Å²) in [6.45, 7) is 5.12. The zero-order valence-electron chi connectivity index (χ0n) is 18.4. The molecular formula is C27H28N2O3. The molecule has 32 heavy (non-hydrogen) atoms. The molecule has 0 bridgehead atoms. The van der Waals surface area contributed by atoms with E-state index in [4.69, 9.17) is 4.74 Å². The molecule has 2 amide bonds. The van der Waals surface area contributed by atoms with Gasteiger partial charge in [-0.25, -0.2) is 0 Å². The molecule has 0 spiro atoms. The van der Waals surface area contributed by atoms with Crippen LogP contribution in [0, 0.1) is 5.92 Å². The smallest absolute Gasteiger partial charge is 0.268 e. The van der Waals surface area contributed by atoms with Crippen molar-refractivity contribution in [2.75, 3.05) is 6.61 Å². The van der Waals surface area contributed by atoms with Crippen molar-refractivity contribution < 1.29 is 14.3 Å². The van der Waals surface area contributed by atoms with Crippen LogP contribution in [0.4, 0.5) is 0 Å². The number of ether oxygens (including phenoxy) is 1. The van der Waals surface area contributed by atoms with Crippen LogP contribution in [0.25, 0.3) is 6.08 Å². The summed E-state index contributed by atoms with van der Waals surface area (Å²) in [5, 5.41) is 5.63. The number of carbonyl (C=O) groups is 2. The number of hydrogen-bond donors (Lipinski definition) is 2. The summed E-state index contributed by atoms with van der Waals surface area (Å²) in [5.41, 5.74) is 2.41. The molecule has 3 aromatic rings. The van der Waals surface area contributed by atoms with Gasteiger partial charge in [-0.15, -0.1) is 0 Å². The van der Waals surface area contributed by atoms with Crippen LogP contribution in [-0.2, 0) is 11.3 Å². The van der Waals surface area contributed by atoms with Crippen LogP contribution < -0.4 is 15.4 Å². The summed E-state index contributed by atoms with van der Waals surface area (Å²) in [6.07, 6.45) is 1.67. The summed E-state index contributed by atoms with van der Waals surface area (Å²) >= 11 is 0. The minimum Gasteiger partial charge on any atom is -0.493 e. The number of rotatable bonds is 9. The molecule has 0 saturated heterocycles. The van der Waals surface area contributed by atoms with Gasteiger partial charge in [0.15, 0.2) is 0 Å². The third-order valence-electron chi connectivity index (χ3n) is 4.60. The van der Waals surface area contributed by atoms with Crippen molar-refractivity contribution in [2.45, 2.75) is 20.4 Å². The summed E-state index contributed by atoms with van der Waals surface area (Å²) in [7, 11) is 0. The van der Waals surface area contributed by atoms with Crippen molar-refractivity contribution in [3.63, 3.8) is 0 Å². The van der Waals surface area contributed by atoms with E-state index >= 15 is 0 Å². The van der Waals surface area contributed by atoms with Gasteiger partial charge in [0.25, 0.3) is 11.8 Å². The monoisotopic (exact) mass is 428 g/mol. The molecule has 2 N–H and O–H groups in total. The zero-order valence-corrected chi connectivity index (χ0v) is 18.4. The van der Waals surface area contributed by atoms with Crippen LogP contribution in [0.3, 0.4) is 0 Å². The average molecular weight is 429 g/mol. The molecule has 0 aliphatic heterocycles. The third kappa shape index (κ3) is 7.13. The van der Waals surface area contributed by atoms with Gasteiger partial charge in [-0.05, 0) is 47.4 Å². The fourth-order valence-electron chi connectivity index (χ4n) is 2.91. The predicted octanol–water partition coefficient (Wildman–Crippen LogP) is 4.81. The highest BCUT2D eigenvalue weighted by Crippen LogP contribution is 2.14. The molecule has 0 aromatic heterocycles. The van der Waals surface area contributed by atoms with Gasteiger partial charge in [0.05, 0.1) is 6.61 Å². The van der Waals surface area contributed by atoms with Gasteiger partial charge in [-0.1, -0.05) is 74.5 Å². The van der Waals surface area contributed by atoms with Crippen LogP contribution in [0.2, 0.25) is 0 Å². The van der Waals surface area contributed by atoms with E-state index in [-0.39, 0.29) is 17.5 Å². The molecule has 0 aliphatic carbocycles. The first-order chi connectivity index (χ1) is 15.5. The normalized spacial score (nSPS) is 11.2. The van der Waals surface area contributed by atoms with Gasteiger partial charge in [-0.2, -0.15) is 0 Å². The van der Waals surface area contributed by atoms with Gasteiger partial charge < -0.3 is 15.4 Å². The van der Waals surface area contributed by atoms with E-state index in [0.29, 0.717) is 30.4 Å². The maximum Gasteiger partial charge on any atom is 0.268 e. The zero-order chi connectivity index (χ0) is 22.8. The first-order valence-electron chi connectivity index (χ1n) is 10.6. The molecule has 0 radical (unpaired) electrons. The topological polar surface area (TPSA) is 67.4 Å². The van der Waals surface area contributed by atoms with E-state index in [1.165, 1.54) is 0 Å². The lowest BCUT2D eigenvalue weighted by molar-refractivity contribution is -0.117. The average Bonchev–Trinajstić information content (AvgIpc) is 2.82. The number of amides is 2. The van der Waals surface area contributed by atoms with Gasteiger partial charge in [-0.3, -0.25) is 9.59 Å². The van der Waals surface area contributed by atoms with Crippen LogP contribution in [-0.4, -0.2) is 18.4 Å². The van der Waals surface area contributed by atoms with Crippen LogP contribution in [0.15, 0.2) is 90.6 Å². The molecule has 0 heterocycles. The van der Waals surface area contributed by atoms with Gasteiger partial charge in [0.1, 0.15) is 11.4 Å². The lowest BCUT2D eigenvalue weighted by atomic mass is 10.1. The number of carbonyl (C=O) groups excluding carboxylic acids is 2. The lowest BCUT2D eigenvalue weighted by Gasteiger charge is -2.12. The minimum atomic E-state index is -0.363. The van der Waals surface area contributed by atoms with E-state index < -0.39 is 0 Å². The molecular weight excluding hydrogens is 400 g/mol. The Morgan fingerprint density at radius 1 is 0.875 bits per heavy atom. The predicted molar refractivity (Wildman–Crippen MR) is 127 cm³/mol. The maximum atomic E-state index is 12.9. The second-order valence-electron chi connectivity index (χ2n) is 7.82. The Labute approximate surface area is 189 Å². The first kappa shape index (κ1) is 22.8. The van der Waals surface area contributed by atoms with Crippen molar-refractivity contribution in [1.29, 1.82) is 0 Å². The van der Waals surface area contributed by atoms with E-state index in [1.54, 1.807) is 30.3 Å². The molecule has 0 aliphatic rings. The van der Waals surface area contributed by atoms with E-state index in [9.17, 15) is 9.59 Å². The Kier molecular flexibility index (Phi) is 8.21. The van der Waals surface area contributed by atoms with Gasteiger partial charge in [0, 0.05) is 12.1 Å². The highest BCUT2D eigenvalue weighted by molar-refractivity contribution is 6.05. The van der Waals surface area contributed by atoms with Crippen LogP contribution in [0.5, 0.6) is 5.75 Å². The van der Waals surface area contributed by atoms with Crippen molar-refractivity contribution >= 4 is 17.9 Å². The molecule has 5 nitrogen and oxygen atoms in total. The fraction of sp³-hybridized carbons (Fsp3) is 0.185. The van der Waals surface area contributed by atoms with Crippen molar-refractivity contribution in [3.05, 3.63) is 107 Å². The standard InChI is InChI=1S/C27H28N2O3/c1-20(2)19-32-24-15-13-23(14-16-24)26(30)29-25(17-21-9-5-3-6-10-21)27(31)28-18-22-11-7-4-8-12-22/h3-17,20H,18-19H2,1-2H3,(H,28,31)(H,29,30)/b25-17+. The Balaban J connectivity index is 1.72. The number of hydrogen-bond acceptors (Lipinski definition) is 3. The lowest BCUT2D eigenvalue weighted by Crippen LogP contribution is -2.34. The molecule has 3 aromatic carbocycles. The molecule has 0 fully saturated rings. The van der Waals surface area contributed by atoms with Crippen molar-refractivity contribution in [2.24, 2.45) is 5.92 Å². The second-order valence-corrected chi connectivity index (χ2v) is 7.82. The van der Waals surface area contributed by atoms with Gasteiger partial charge in [0.2, 0.25) is 0 Å². The molecule has 0 saturated carbocycles. The SMILES string of the molecule is CC(C)COc1ccc(C(=O)N/C(=C/c2ccccc2)C(=O)NCc2ccccc2)cc1. The molecule has 3 rings (SSSR count). The first-order valence-corrected chi connectivity index (χ1v) is 10.6. The van der Waals surface area contributed by atoms with Crippen molar-refractivity contribution in [1.82, 2.24) is 10.6 Å². The quantitative estimate of drug-likeness (QED) is 0.481. The van der Waals surface area contributed by atoms with E-state index in [2.05, 4.69) is 24.5 Å². The largest absolute Gasteiger partial charge is 0.493 e. The van der Waals surface area contributed by atoms with Crippen LogP contribution in [0.1, 0.15) is 35.3 Å². The molecule has 0 unspecified atom stereocenters. The Hall–Kier alpha value is -3.86. The summed E-state index contributed by atoms with van der Waals surface area (Å²) in [4.78, 5) is 25.7. The fourth-order valence-corrected chi connectivity index (χ4v) is 2.91. The Morgan fingerprint density at radius 2 is 1.50 bits per heavy atom. The summed E-state index contributed by atoms with van der Waals surface area (Å²) < 4.78 is 5.67. The highest BCUT2D eigenvalue weighted by Gasteiger charge is 2.15. The summed E-state index contributed by atoms with van der Waals surface area (Å²) in [6, 6.07) is 25.9. The molecule has 5 heteroatoms. The number of nitrogens with one attached hydrogen (secondary N) is 2.